The van der Waals surface area contributed by atoms with Crippen molar-refractivity contribution in [2.75, 3.05) is 11.4 Å². The highest BCUT2D eigenvalue weighted by Gasteiger charge is 2.34. The summed E-state index contributed by atoms with van der Waals surface area (Å²) in [5.41, 5.74) is 7.36. The molecule has 2 rings (SSSR count). The monoisotopic (exact) mass is 286 g/mol. The lowest BCUT2D eigenvalue weighted by atomic mass is 9.86. The Hall–Kier alpha value is -1.13. The van der Waals surface area contributed by atoms with Crippen molar-refractivity contribution >= 4 is 24.0 Å². The SMILES string of the molecule is CC(C)(C)[C@H](N)C(=O)N1CCc2ccc(F)cc21.Cl. The molecule has 1 aromatic rings. The molecule has 0 aromatic heterocycles. The van der Waals surface area contributed by atoms with Crippen LogP contribution in [0.15, 0.2) is 18.2 Å². The number of hydrogen-bond donors (Lipinski definition) is 1. The van der Waals surface area contributed by atoms with E-state index in [1.807, 2.05) is 20.8 Å². The zero-order valence-electron chi connectivity index (χ0n) is 11.4. The normalized spacial score (nSPS) is 15.7. The molecule has 0 saturated heterocycles. The fraction of sp³-hybridized carbons (Fsp3) is 0.500. The molecule has 0 radical (unpaired) electrons. The molecule has 0 bridgehead atoms. The summed E-state index contributed by atoms with van der Waals surface area (Å²) in [5, 5.41) is 0. The lowest BCUT2D eigenvalue weighted by molar-refractivity contribution is -0.121. The van der Waals surface area contributed by atoms with Gasteiger partial charge >= 0.3 is 0 Å². The van der Waals surface area contributed by atoms with Crippen molar-refractivity contribution in [3.8, 4) is 0 Å². The molecule has 1 aromatic carbocycles. The minimum Gasteiger partial charge on any atom is -0.319 e. The molecule has 1 aliphatic heterocycles. The number of carbonyl (C=O) groups is 1. The molecule has 19 heavy (non-hydrogen) atoms. The first-order valence-corrected chi connectivity index (χ1v) is 6.16. The van der Waals surface area contributed by atoms with Crippen LogP contribution in [0.25, 0.3) is 0 Å². The van der Waals surface area contributed by atoms with Gasteiger partial charge in [-0.2, -0.15) is 0 Å². The second-order valence-electron chi connectivity index (χ2n) is 5.86. The topological polar surface area (TPSA) is 46.3 Å². The number of rotatable bonds is 1. The van der Waals surface area contributed by atoms with Gasteiger partial charge in [-0.05, 0) is 29.5 Å². The molecule has 1 heterocycles. The zero-order chi connectivity index (χ0) is 13.5. The Morgan fingerprint density at radius 2 is 2.05 bits per heavy atom. The first-order chi connectivity index (χ1) is 8.30. The third-order valence-corrected chi connectivity index (χ3v) is 3.41. The van der Waals surface area contributed by atoms with E-state index >= 15 is 0 Å². The molecule has 0 saturated carbocycles. The summed E-state index contributed by atoms with van der Waals surface area (Å²) in [5.74, 6) is -0.454. The van der Waals surface area contributed by atoms with E-state index in [4.69, 9.17) is 5.73 Å². The van der Waals surface area contributed by atoms with E-state index < -0.39 is 6.04 Å². The number of fused-ring (bicyclic) bond motifs is 1. The smallest absolute Gasteiger partial charge is 0.244 e. The molecule has 2 N–H and O–H groups in total. The molecule has 1 amide bonds. The van der Waals surface area contributed by atoms with Crippen molar-refractivity contribution in [1.82, 2.24) is 0 Å². The van der Waals surface area contributed by atoms with Crippen LogP contribution in [0, 0.1) is 11.2 Å². The van der Waals surface area contributed by atoms with Crippen molar-refractivity contribution < 1.29 is 9.18 Å². The van der Waals surface area contributed by atoms with Gasteiger partial charge in [0.1, 0.15) is 5.82 Å². The Labute approximate surface area is 119 Å². The Morgan fingerprint density at radius 3 is 2.63 bits per heavy atom. The molecular weight excluding hydrogens is 267 g/mol. The average molecular weight is 287 g/mol. The number of amides is 1. The van der Waals surface area contributed by atoms with Crippen molar-refractivity contribution in [2.45, 2.75) is 33.2 Å². The largest absolute Gasteiger partial charge is 0.319 e. The molecule has 106 valence electrons. The summed E-state index contributed by atoms with van der Waals surface area (Å²) in [6.45, 7) is 6.37. The van der Waals surface area contributed by atoms with Gasteiger partial charge in [-0.25, -0.2) is 4.39 Å². The first kappa shape index (κ1) is 15.9. The molecule has 0 spiro atoms. The molecule has 1 atom stereocenters. The van der Waals surface area contributed by atoms with Gasteiger partial charge in [-0.3, -0.25) is 4.79 Å². The van der Waals surface area contributed by atoms with Gasteiger partial charge in [0.25, 0.3) is 0 Å². The number of halogens is 2. The Kier molecular flexibility index (Phi) is 4.59. The van der Waals surface area contributed by atoms with Gasteiger partial charge < -0.3 is 10.6 Å². The van der Waals surface area contributed by atoms with Gasteiger partial charge in [0.15, 0.2) is 0 Å². The van der Waals surface area contributed by atoms with Crippen LogP contribution in [-0.2, 0) is 11.2 Å². The van der Waals surface area contributed by atoms with Crippen LogP contribution in [0.1, 0.15) is 26.3 Å². The van der Waals surface area contributed by atoms with Gasteiger partial charge in [0.2, 0.25) is 5.91 Å². The highest BCUT2D eigenvalue weighted by Crippen LogP contribution is 2.31. The molecular formula is C14H20ClFN2O. The fourth-order valence-corrected chi connectivity index (χ4v) is 2.12. The van der Waals surface area contributed by atoms with E-state index in [0.717, 1.165) is 12.0 Å². The van der Waals surface area contributed by atoms with Crippen molar-refractivity contribution in [3.63, 3.8) is 0 Å². The van der Waals surface area contributed by atoms with Crippen molar-refractivity contribution in [2.24, 2.45) is 11.1 Å². The highest BCUT2D eigenvalue weighted by molar-refractivity contribution is 5.99. The van der Waals surface area contributed by atoms with E-state index in [0.29, 0.717) is 12.2 Å². The van der Waals surface area contributed by atoms with E-state index in [9.17, 15) is 9.18 Å². The second kappa shape index (κ2) is 5.47. The summed E-state index contributed by atoms with van der Waals surface area (Å²) < 4.78 is 13.3. The predicted octanol–water partition coefficient (Wildman–Crippen LogP) is 2.51. The molecule has 3 nitrogen and oxygen atoms in total. The van der Waals surface area contributed by atoms with E-state index in [2.05, 4.69) is 0 Å². The van der Waals surface area contributed by atoms with Crippen LogP contribution in [0.5, 0.6) is 0 Å². The van der Waals surface area contributed by atoms with Crippen LogP contribution in [0.3, 0.4) is 0 Å². The summed E-state index contributed by atoms with van der Waals surface area (Å²) in [6, 6.07) is 4.00. The molecule has 0 aliphatic carbocycles. The third kappa shape index (κ3) is 3.07. The number of benzene rings is 1. The molecule has 5 heteroatoms. The molecule has 0 unspecified atom stereocenters. The maximum Gasteiger partial charge on any atom is 0.244 e. The van der Waals surface area contributed by atoms with Crippen molar-refractivity contribution in [3.05, 3.63) is 29.6 Å². The highest BCUT2D eigenvalue weighted by atomic mass is 35.5. The third-order valence-electron chi connectivity index (χ3n) is 3.41. The van der Waals surface area contributed by atoms with Crippen LogP contribution in [-0.4, -0.2) is 18.5 Å². The number of nitrogens with zero attached hydrogens (tertiary/aromatic N) is 1. The predicted molar refractivity (Wildman–Crippen MR) is 77.1 cm³/mol. The summed E-state index contributed by atoms with van der Waals surface area (Å²) in [7, 11) is 0. The van der Waals surface area contributed by atoms with Gasteiger partial charge in [0.05, 0.1) is 6.04 Å². The molecule has 0 fully saturated rings. The van der Waals surface area contributed by atoms with Gasteiger partial charge in [-0.15, -0.1) is 12.4 Å². The van der Waals surface area contributed by atoms with E-state index in [1.165, 1.54) is 12.1 Å². The number of carbonyl (C=O) groups excluding carboxylic acids is 1. The quantitative estimate of drug-likeness (QED) is 0.862. The number of nitrogens with two attached hydrogens (primary N) is 1. The Balaban J connectivity index is 0.00000180. The van der Waals surface area contributed by atoms with Crippen LogP contribution < -0.4 is 10.6 Å². The maximum absolute atomic E-state index is 13.3. The average Bonchev–Trinajstić information content (AvgIpc) is 2.68. The lowest BCUT2D eigenvalue weighted by Gasteiger charge is -2.30. The van der Waals surface area contributed by atoms with Crippen LogP contribution >= 0.6 is 12.4 Å². The van der Waals surface area contributed by atoms with Crippen molar-refractivity contribution in [1.29, 1.82) is 0 Å². The van der Waals surface area contributed by atoms with Gasteiger partial charge in [-0.1, -0.05) is 26.8 Å². The number of anilines is 1. The first-order valence-electron chi connectivity index (χ1n) is 6.16. The van der Waals surface area contributed by atoms with Crippen LogP contribution in [0.4, 0.5) is 10.1 Å². The van der Waals surface area contributed by atoms with E-state index in [-0.39, 0.29) is 29.5 Å². The zero-order valence-corrected chi connectivity index (χ0v) is 12.3. The fourth-order valence-electron chi connectivity index (χ4n) is 2.12. The van der Waals surface area contributed by atoms with Crippen LogP contribution in [0.2, 0.25) is 0 Å². The van der Waals surface area contributed by atoms with E-state index in [1.54, 1.807) is 11.0 Å². The summed E-state index contributed by atoms with van der Waals surface area (Å²) in [6.07, 6.45) is 0.762. The maximum atomic E-state index is 13.3. The number of hydrogen-bond acceptors (Lipinski definition) is 2. The van der Waals surface area contributed by atoms with Gasteiger partial charge in [0, 0.05) is 12.2 Å². The Bertz CT molecular complexity index is 485. The minimum absolute atomic E-state index is 0. The standard InChI is InChI=1S/C14H19FN2O.ClH/c1-14(2,3)12(16)13(18)17-7-6-9-4-5-10(15)8-11(9)17;/h4-5,8,12H,6-7,16H2,1-3H3;1H/t12-;/m1./s1. The summed E-state index contributed by atoms with van der Waals surface area (Å²) in [4.78, 5) is 13.9. The summed E-state index contributed by atoms with van der Waals surface area (Å²) >= 11 is 0. The molecule has 1 aliphatic rings. The lowest BCUT2D eigenvalue weighted by Crippen LogP contribution is -2.50. The second-order valence-corrected chi connectivity index (χ2v) is 5.86. The Morgan fingerprint density at radius 1 is 1.42 bits per heavy atom. The minimum atomic E-state index is -0.577.